The summed E-state index contributed by atoms with van der Waals surface area (Å²) in [7, 11) is 1.29. The zero-order chi connectivity index (χ0) is 28.7. The number of esters is 4. The van der Waals surface area contributed by atoms with Gasteiger partial charge in [-0.05, 0) is 42.4 Å². The van der Waals surface area contributed by atoms with Crippen LogP contribution in [0.15, 0.2) is 18.2 Å². The minimum Gasteiger partial charge on any atom is -0.468 e. The van der Waals surface area contributed by atoms with Crippen molar-refractivity contribution in [2.75, 3.05) is 20.3 Å². The first-order valence-corrected chi connectivity index (χ1v) is 13.6. The molecule has 0 amide bonds. The number of carbonyl (C=O) groups excluding carboxylic acids is 4. The normalized spacial score (nSPS) is 14.1. The molecule has 9 heteroatoms. The van der Waals surface area contributed by atoms with Gasteiger partial charge < -0.3 is 24.3 Å². The van der Waals surface area contributed by atoms with Crippen molar-refractivity contribution < 1.29 is 38.1 Å². The summed E-state index contributed by atoms with van der Waals surface area (Å²) in [6, 6.07) is 4.14. The first-order valence-electron chi connectivity index (χ1n) is 13.6. The second-order valence-corrected chi connectivity index (χ2v) is 9.88. The quantitative estimate of drug-likeness (QED) is 0.173. The molecule has 1 N–H and O–H groups in total. The number of hydrogen-bond acceptors (Lipinski definition) is 9. The maximum atomic E-state index is 12.5. The molecule has 0 aliphatic rings. The van der Waals surface area contributed by atoms with Gasteiger partial charge in [-0.15, -0.1) is 0 Å². The van der Waals surface area contributed by atoms with Gasteiger partial charge in [-0.1, -0.05) is 60.5 Å². The van der Waals surface area contributed by atoms with Gasteiger partial charge in [-0.25, -0.2) is 0 Å². The molecular weight excluding hydrogens is 490 g/mol. The van der Waals surface area contributed by atoms with Gasteiger partial charge in [-0.2, -0.15) is 0 Å². The monoisotopic (exact) mass is 535 g/mol. The lowest BCUT2D eigenvalue weighted by Gasteiger charge is -2.18. The van der Waals surface area contributed by atoms with Crippen LogP contribution in [0, 0.1) is 17.8 Å². The van der Waals surface area contributed by atoms with Crippen LogP contribution in [0.1, 0.15) is 79.2 Å². The fraction of sp³-hybridized carbons (Fsp3) is 0.655. The Morgan fingerprint density at radius 1 is 0.816 bits per heavy atom. The van der Waals surface area contributed by atoms with Gasteiger partial charge in [0, 0.05) is 19.4 Å². The molecule has 0 heterocycles. The highest BCUT2D eigenvalue weighted by molar-refractivity contribution is 5.77. The Labute approximate surface area is 226 Å². The molecule has 4 atom stereocenters. The van der Waals surface area contributed by atoms with Crippen LogP contribution in [0.25, 0.3) is 0 Å². The highest BCUT2D eigenvalue weighted by Gasteiger charge is 2.22. The lowest BCUT2D eigenvalue weighted by atomic mass is 10.0. The summed E-state index contributed by atoms with van der Waals surface area (Å²) in [5.74, 6) is -1.22. The van der Waals surface area contributed by atoms with Crippen molar-refractivity contribution in [1.29, 1.82) is 0 Å². The van der Waals surface area contributed by atoms with E-state index in [4.69, 9.17) is 18.9 Å². The van der Waals surface area contributed by atoms with E-state index in [-0.39, 0.29) is 67.6 Å². The molecule has 0 aromatic heterocycles. The summed E-state index contributed by atoms with van der Waals surface area (Å²) in [5, 5.41) is 3.06. The van der Waals surface area contributed by atoms with Crippen LogP contribution in [-0.4, -0.2) is 50.2 Å². The highest BCUT2D eigenvalue weighted by Crippen LogP contribution is 2.31. The predicted molar refractivity (Wildman–Crippen MR) is 144 cm³/mol. The van der Waals surface area contributed by atoms with E-state index in [0.29, 0.717) is 12.0 Å². The summed E-state index contributed by atoms with van der Waals surface area (Å²) in [4.78, 5) is 49.3. The fourth-order valence-electron chi connectivity index (χ4n) is 3.34. The van der Waals surface area contributed by atoms with E-state index < -0.39 is 23.9 Å². The molecule has 9 nitrogen and oxygen atoms in total. The van der Waals surface area contributed by atoms with Crippen LogP contribution in [0.3, 0.4) is 0 Å². The SMILES string of the molecule is CCC(C)CC(=O)Oc1ccc(C[C@H](NCCOC(=O)C(C)CC)C(=O)OC)cc1OC(=O)CC(C)CC. The average molecular weight is 536 g/mol. The largest absolute Gasteiger partial charge is 0.468 e. The van der Waals surface area contributed by atoms with Gasteiger partial charge in [-0.3, -0.25) is 19.2 Å². The summed E-state index contributed by atoms with van der Waals surface area (Å²) in [5.41, 5.74) is 0.664. The highest BCUT2D eigenvalue weighted by atomic mass is 16.6. The van der Waals surface area contributed by atoms with E-state index in [1.807, 2.05) is 34.6 Å². The number of methoxy groups -OCH3 is 1. The Kier molecular flexibility index (Phi) is 15.3. The molecule has 1 aromatic carbocycles. The van der Waals surface area contributed by atoms with Gasteiger partial charge >= 0.3 is 23.9 Å². The number of carbonyl (C=O) groups is 4. The third-order valence-corrected chi connectivity index (χ3v) is 6.56. The second kappa shape index (κ2) is 17.5. The van der Waals surface area contributed by atoms with Gasteiger partial charge in [0.25, 0.3) is 0 Å². The zero-order valence-corrected chi connectivity index (χ0v) is 24.0. The van der Waals surface area contributed by atoms with Gasteiger partial charge in [0.2, 0.25) is 0 Å². The van der Waals surface area contributed by atoms with E-state index in [1.54, 1.807) is 25.1 Å². The smallest absolute Gasteiger partial charge is 0.323 e. The Morgan fingerprint density at radius 2 is 1.39 bits per heavy atom. The van der Waals surface area contributed by atoms with Crippen molar-refractivity contribution in [2.24, 2.45) is 17.8 Å². The van der Waals surface area contributed by atoms with Crippen molar-refractivity contribution in [3.8, 4) is 11.5 Å². The molecule has 3 unspecified atom stereocenters. The van der Waals surface area contributed by atoms with Gasteiger partial charge in [0.15, 0.2) is 11.5 Å². The molecule has 0 bridgehead atoms. The number of ether oxygens (including phenoxy) is 4. The molecule has 0 spiro atoms. The summed E-state index contributed by atoms with van der Waals surface area (Å²) >= 11 is 0. The zero-order valence-electron chi connectivity index (χ0n) is 24.0. The fourth-order valence-corrected chi connectivity index (χ4v) is 3.34. The van der Waals surface area contributed by atoms with E-state index in [2.05, 4.69) is 5.32 Å². The van der Waals surface area contributed by atoms with Gasteiger partial charge in [0.05, 0.1) is 13.0 Å². The lowest BCUT2D eigenvalue weighted by molar-refractivity contribution is -0.148. The van der Waals surface area contributed by atoms with Crippen molar-refractivity contribution >= 4 is 23.9 Å². The molecule has 1 aromatic rings. The van der Waals surface area contributed by atoms with Crippen LogP contribution < -0.4 is 14.8 Å². The molecule has 0 saturated heterocycles. The Balaban J connectivity index is 3.04. The van der Waals surface area contributed by atoms with Gasteiger partial charge in [0.1, 0.15) is 12.6 Å². The van der Waals surface area contributed by atoms with Crippen LogP contribution in [0.5, 0.6) is 11.5 Å². The van der Waals surface area contributed by atoms with E-state index in [1.165, 1.54) is 7.11 Å². The summed E-state index contributed by atoms with van der Waals surface area (Å²) in [6.07, 6.45) is 3.03. The maximum absolute atomic E-state index is 12.5. The standard InChI is InChI=1S/C29H45NO8/c1-8-19(4)15-26(31)37-24-12-11-22(18-25(24)38-27(32)16-20(5)9-2)17-23(29(34)35-7)30-13-14-36-28(33)21(6)10-3/h11-12,18-21,23,30H,8-10,13-17H2,1-7H3/t19?,20?,21?,23-/m0/s1. The topological polar surface area (TPSA) is 117 Å². The van der Waals surface area contributed by atoms with Crippen LogP contribution in [-0.2, 0) is 35.1 Å². The van der Waals surface area contributed by atoms with Crippen molar-refractivity contribution in [1.82, 2.24) is 5.32 Å². The van der Waals surface area contributed by atoms with E-state index in [0.717, 1.165) is 12.8 Å². The first-order chi connectivity index (χ1) is 18.0. The molecule has 0 aliphatic heterocycles. The molecule has 0 radical (unpaired) electrons. The molecule has 1 rings (SSSR count). The molecule has 0 fully saturated rings. The van der Waals surface area contributed by atoms with E-state index in [9.17, 15) is 19.2 Å². The van der Waals surface area contributed by atoms with Crippen molar-refractivity contribution in [3.05, 3.63) is 23.8 Å². The number of rotatable bonds is 17. The van der Waals surface area contributed by atoms with Crippen LogP contribution in [0.4, 0.5) is 0 Å². The molecule has 0 aliphatic carbocycles. The average Bonchev–Trinajstić information content (AvgIpc) is 2.90. The number of hydrogen-bond donors (Lipinski definition) is 1. The molecular formula is C29H45NO8. The Bertz CT molecular complexity index is 916. The maximum Gasteiger partial charge on any atom is 0.323 e. The molecule has 38 heavy (non-hydrogen) atoms. The predicted octanol–water partition coefficient (Wildman–Crippen LogP) is 4.63. The third kappa shape index (κ3) is 12.1. The number of nitrogens with one attached hydrogen (secondary N) is 1. The van der Waals surface area contributed by atoms with Crippen LogP contribution >= 0.6 is 0 Å². The van der Waals surface area contributed by atoms with Crippen molar-refractivity contribution in [3.63, 3.8) is 0 Å². The minimum atomic E-state index is -0.732. The van der Waals surface area contributed by atoms with Crippen LogP contribution in [0.2, 0.25) is 0 Å². The molecule has 0 saturated carbocycles. The number of benzene rings is 1. The minimum absolute atomic E-state index is 0.111. The Hall–Kier alpha value is -2.94. The van der Waals surface area contributed by atoms with Crippen molar-refractivity contribution in [2.45, 2.75) is 86.1 Å². The summed E-state index contributed by atoms with van der Waals surface area (Å²) < 4.78 is 21.3. The van der Waals surface area contributed by atoms with E-state index >= 15 is 0 Å². The Morgan fingerprint density at radius 3 is 1.92 bits per heavy atom. The summed E-state index contributed by atoms with van der Waals surface area (Å²) in [6.45, 7) is 12.0. The molecule has 214 valence electrons. The first kappa shape index (κ1) is 33.1. The second-order valence-electron chi connectivity index (χ2n) is 9.88. The third-order valence-electron chi connectivity index (χ3n) is 6.56. The lowest BCUT2D eigenvalue weighted by Crippen LogP contribution is -2.41.